The number of aromatic nitrogens is 1. The number of likely N-dealkylation sites (N-methyl/N-ethyl adjacent to an activating group) is 1. The molecule has 0 aliphatic rings. The molecule has 84 valence electrons. The van der Waals surface area contributed by atoms with Crippen molar-refractivity contribution in [3.05, 3.63) is 30.1 Å². The highest BCUT2D eigenvalue weighted by Crippen LogP contribution is 2.00. The number of rotatable bonds is 7. The molecule has 0 N–H and O–H groups in total. The molecule has 1 aromatic rings. The van der Waals surface area contributed by atoms with E-state index in [0.717, 1.165) is 19.7 Å². The van der Waals surface area contributed by atoms with E-state index in [4.69, 9.17) is 16.3 Å². The van der Waals surface area contributed by atoms with Gasteiger partial charge in [-0.15, -0.1) is 11.6 Å². The Bertz CT molecular complexity index is 256. The zero-order valence-corrected chi connectivity index (χ0v) is 9.78. The van der Waals surface area contributed by atoms with Crippen molar-refractivity contribution >= 4 is 11.6 Å². The molecule has 4 heteroatoms. The maximum atomic E-state index is 5.50. The summed E-state index contributed by atoms with van der Waals surface area (Å²) in [5.74, 6) is 0.564. The molecule has 0 fully saturated rings. The van der Waals surface area contributed by atoms with Crippen LogP contribution < -0.4 is 0 Å². The van der Waals surface area contributed by atoms with Crippen molar-refractivity contribution in [2.24, 2.45) is 0 Å². The van der Waals surface area contributed by atoms with Gasteiger partial charge in [0.2, 0.25) is 0 Å². The molecule has 1 aromatic heterocycles. The van der Waals surface area contributed by atoms with Crippen molar-refractivity contribution in [3.63, 3.8) is 0 Å². The molecule has 15 heavy (non-hydrogen) atoms. The van der Waals surface area contributed by atoms with Crippen LogP contribution in [-0.4, -0.2) is 42.6 Å². The van der Waals surface area contributed by atoms with E-state index in [1.165, 1.54) is 5.56 Å². The fourth-order valence-electron chi connectivity index (χ4n) is 1.26. The lowest BCUT2D eigenvalue weighted by Gasteiger charge is -2.16. The SMILES string of the molecule is CN(CCOCCCl)Cc1ccncc1. The predicted molar refractivity (Wildman–Crippen MR) is 62.1 cm³/mol. The van der Waals surface area contributed by atoms with Crippen LogP contribution in [0.15, 0.2) is 24.5 Å². The Kier molecular flexibility index (Phi) is 6.32. The van der Waals surface area contributed by atoms with Gasteiger partial charge in [-0.25, -0.2) is 0 Å². The van der Waals surface area contributed by atoms with Gasteiger partial charge < -0.3 is 4.74 Å². The van der Waals surface area contributed by atoms with Crippen molar-refractivity contribution < 1.29 is 4.74 Å². The summed E-state index contributed by atoms with van der Waals surface area (Å²) >= 11 is 5.50. The Balaban J connectivity index is 2.16. The minimum Gasteiger partial charge on any atom is -0.379 e. The lowest BCUT2D eigenvalue weighted by atomic mass is 10.2. The van der Waals surface area contributed by atoms with Gasteiger partial charge in [0.05, 0.1) is 13.2 Å². The van der Waals surface area contributed by atoms with Crippen LogP contribution >= 0.6 is 11.6 Å². The van der Waals surface area contributed by atoms with Crippen LogP contribution in [0.4, 0.5) is 0 Å². The summed E-state index contributed by atoms with van der Waals surface area (Å²) in [6.07, 6.45) is 3.63. The van der Waals surface area contributed by atoms with E-state index in [1.54, 1.807) is 0 Å². The van der Waals surface area contributed by atoms with E-state index in [1.807, 2.05) is 24.5 Å². The second-order valence-corrected chi connectivity index (χ2v) is 3.77. The molecule has 3 nitrogen and oxygen atoms in total. The molecule has 0 saturated heterocycles. The summed E-state index contributed by atoms with van der Waals surface area (Å²) < 4.78 is 5.31. The molecule has 0 amide bonds. The fourth-order valence-corrected chi connectivity index (χ4v) is 1.37. The number of nitrogens with zero attached hydrogens (tertiary/aromatic N) is 2. The smallest absolute Gasteiger partial charge is 0.0602 e. The maximum absolute atomic E-state index is 5.50. The highest BCUT2D eigenvalue weighted by molar-refractivity contribution is 6.17. The van der Waals surface area contributed by atoms with E-state index >= 15 is 0 Å². The van der Waals surface area contributed by atoms with E-state index in [0.29, 0.717) is 12.5 Å². The first-order valence-electron chi connectivity index (χ1n) is 5.04. The number of hydrogen-bond acceptors (Lipinski definition) is 3. The Hall–Kier alpha value is -0.640. The molecule has 0 unspecified atom stereocenters. The Morgan fingerprint density at radius 3 is 2.73 bits per heavy atom. The molecule has 0 aliphatic heterocycles. The first kappa shape index (κ1) is 12.4. The lowest BCUT2D eigenvalue weighted by Crippen LogP contribution is -2.23. The topological polar surface area (TPSA) is 25.4 Å². The van der Waals surface area contributed by atoms with Crippen molar-refractivity contribution in [1.29, 1.82) is 0 Å². The number of halogens is 1. The monoisotopic (exact) mass is 228 g/mol. The second kappa shape index (κ2) is 7.63. The summed E-state index contributed by atoms with van der Waals surface area (Å²) in [4.78, 5) is 6.19. The van der Waals surface area contributed by atoms with Crippen molar-refractivity contribution in [2.75, 3.05) is 32.7 Å². The first-order valence-corrected chi connectivity index (χ1v) is 5.57. The van der Waals surface area contributed by atoms with Gasteiger partial charge in [0, 0.05) is 31.4 Å². The third-order valence-electron chi connectivity index (χ3n) is 2.04. The summed E-state index contributed by atoms with van der Waals surface area (Å²) in [7, 11) is 2.07. The van der Waals surface area contributed by atoms with Crippen LogP contribution in [0.3, 0.4) is 0 Å². The van der Waals surface area contributed by atoms with E-state index in [-0.39, 0.29) is 0 Å². The minimum atomic E-state index is 0.564. The summed E-state index contributed by atoms with van der Waals surface area (Å²) in [6, 6.07) is 4.05. The van der Waals surface area contributed by atoms with Crippen LogP contribution in [0, 0.1) is 0 Å². The van der Waals surface area contributed by atoms with Gasteiger partial charge in [0.1, 0.15) is 0 Å². The van der Waals surface area contributed by atoms with Crippen LogP contribution in [0.2, 0.25) is 0 Å². The van der Waals surface area contributed by atoms with E-state index < -0.39 is 0 Å². The quantitative estimate of drug-likeness (QED) is 0.526. The third kappa shape index (κ3) is 5.72. The largest absolute Gasteiger partial charge is 0.379 e. The Morgan fingerprint density at radius 2 is 2.07 bits per heavy atom. The van der Waals surface area contributed by atoms with Crippen molar-refractivity contribution in [3.8, 4) is 0 Å². The zero-order chi connectivity index (χ0) is 10.9. The number of ether oxygens (including phenoxy) is 1. The average molecular weight is 229 g/mol. The highest BCUT2D eigenvalue weighted by atomic mass is 35.5. The Labute approximate surface area is 96.0 Å². The molecule has 0 spiro atoms. The highest BCUT2D eigenvalue weighted by Gasteiger charge is 1.99. The van der Waals surface area contributed by atoms with Gasteiger partial charge in [-0.1, -0.05) is 0 Å². The number of hydrogen-bond donors (Lipinski definition) is 0. The average Bonchev–Trinajstić information content (AvgIpc) is 2.26. The molecular weight excluding hydrogens is 212 g/mol. The molecule has 0 aromatic carbocycles. The standard InChI is InChI=1S/C11H17ClN2O/c1-14(7-9-15-8-4-12)10-11-2-5-13-6-3-11/h2-3,5-6H,4,7-10H2,1H3. The molecular formula is C11H17ClN2O. The normalized spacial score (nSPS) is 10.9. The van der Waals surface area contributed by atoms with Crippen molar-refractivity contribution in [2.45, 2.75) is 6.54 Å². The van der Waals surface area contributed by atoms with Gasteiger partial charge >= 0.3 is 0 Å². The molecule has 1 rings (SSSR count). The van der Waals surface area contributed by atoms with Crippen LogP contribution in [0.1, 0.15) is 5.56 Å². The summed E-state index contributed by atoms with van der Waals surface area (Å²) in [6.45, 7) is 3.20. The van der Waals surface area contributed by atoms with Gasteiger partial charge in [0.25, 0.3) is 0 Å². The van der Waals surface area contributed by atoms with E-state index in [2.05, 4.69) is 16.9 Å². The van der Waals surface area contributed by atoms with Crippen LogP contribution in [-0.2, 0) is 11.3 Å². The van der Waals surface area contributed by atoms with Gasteiger partial charge in [-0.2, -0.15) is 0 Å². The van der Waals surface area contributed by atoms with Crippen molar-refractivity contribution in [1.82, 2.24) is 9.88 Å². The lowest BCUT2D eigenvalue weighted by molar-refractivity contribution is 0.121. The number of alkyl halides is 1. The summed E-state index contributed by atoms with van der Waals surface area (Å²) in [5.41, 5.74) is 1.27. The second-order valence-electron chi connectivity index (χ2n) is 3.39. The molecule has 0 radical (unpaired) electrons. The zero-order valence-electron chi connectivity index (χ0n) is 9.03. The van der Waals surface area contributed by atoms with Gasteiger partial charge in [-0.05, 0) is 24.7 Å². The molecule has 0 saturated carbocycles. The molecule has 1 heterocycles. The van der Waals surface area contributed by atoms with Crippen LogP contribution in [0.25, 0.3) is 0 Å². The molecule has 0 aliphatic carbocycles. The third-order valence-corrected chi connectivity index (χ3v) is 2.19. The van der Waals surface area contributed by atoms with Crippen LogP contribution in [0.5, 0.6) is 0 Å². The van der Waals surface area contributed by atoms with Gasteiger partial charge in [-0.3, -0.25) is 9.88 Å². The first-order chi connectivity index (χ1) is 7.33. The summed E-state index contributed by atoms with van der Waals surface area (Å²) in [5, 5.41) is 0. The minimum absolute atomic E-state index is 0.564. The van der Waals surface area contributed by atoms with Gasteiger partial charge in [0.15, 0.2) is 0 Å². The Morgan fingerprint density at radius 1 is 1.33 bits per heavy atom. The fraction of sp³-hybridized carbons (Fsp3) is 0.545. The molecule has 0 bridgehead atoms. The van der Waals surface area contributed by atoms with E-state index in [9.17, 15) is 0 Å². The molecule has 0 atom stereocenters. The number of pyridine rings is 1. The predicted octanol–water partition coefficient (Wildman–Crippen LogP) is 1.77. The maximum Gasteiger partial charge on any atom is 0.0602 e.